The molecule has 2 N–H and O–H groups in total. The Balaban J connectivity index is 1.53. The van der Waals surface area contributed by atoms with Gasteiger partial charge in [-0.15, -0.1) is 0 Å². The Kier molecular flexibility index (Phi) is 6.44. The standard InChI is InChI=1S/C17H30N2O4/c1-16(2,3)23-15(20)19-11-5-4-10-18-14-6-8-17(9-7-14)21-12-13-22-17/h4-5,14,18H,6-13H2,1-3H3,(H,19,20)/b5-4+. The first-order valence-electron chi connectivity index (χ1n) is 8.52. The highest BCUT2D eigenvalue weighted by molar-refractivity contribution is 5.67. The van der Waals surface area contributed by atoms with Crippen LogP contribution in [0.2, 0.25) is 0 Å². The second-order valence-electron chi connectivity index (χ2n) is 7.14. The number of hydrogen-bond acceptors (Lipinski definition) is 5. The molecule has 2 rings (SSSR count). The molecule has 0 aromatic rings. The predicted octanol–water partition coefficient (Wildman–Crippen LogP) is 2.34. The minimum atomic E-state index is -0.458. The van der Waals surface area contributed by atoms with Gasteiger partial charge in [-0.1, -0.05) is 12.2 Å². The van der Waals surface area contributed by atoms with Gasteiger partial charge in [-0.3, -0.25) is 0 Å². The molecule has 0 aromatic carbocycles. The quantitative estimate of drug-likeness (QED) is 0.759. The lowest BCUT2D eigenvalue weighted by atomic mass is 9.90. The van der Waals surface area contributed by atoms with Crippen molar-refractivity contribution in [1.82, 2.24) is 10.6 Å². The number of carbonyl (C=O) groups excluding carboxylic acids is 1. The number of hydrogen-bond donors (Lipinski definition) is 2. The minimum Gasteiger partial charge on any atom is -0.444 e. The SMILES string of the molecule is CC(C)(C)OC(=O)NC/C=C/CNC1CCC2(CC1)OCCO2. The Morgan fingerprint density at radius 2 is 1.78 bits per heavy atom. The molecule has 2 aliphatic rings. The van der Waals surface area contributed by atoms with Gasteiger partial charge in [0, 0.05) is 32.0 Å². The zero-order chi connectivity index (χ0) is 16.8. The van der Waals surface area contributed by atoms with Crippen LogP contribution < -0.4 is 10.6 Å². The zero-order valence-corrected chi connectivity index (χ0v) is 14.5. The highest BCUT2D eigenvalue weighted by atomic mass is 16.7. The third kappa shape index (κ3) is 6.49. The Hall–Kier alpha value is -1.11. The van der Waals surface area contributed by atoms with Gasteiger partial charge in [0.15, 0.2) is 5.79 Å². The van der Waals surface area contributed by atoms with E-state index in [-0.39, 0.29) is 11.9 Å². The topological polar surface area (TPSA) is 68.8 Å². The number of amides is 1. The molecule has 2 fully saturated rings. The van der Waals surface area contributed by atoms with E-state index in [2.05, 4.69) is 10.6 Å². The number of ether oxygens (including phenoxy) is 3. The molecule has 1 amide bonds. The van der Waals surface area contributed by atoms with Crippen molar-refractivity contribution in [2.75, 3.05) is 26.3 Å². The first-order chi connectivity index (χ1) is 10.9. The molecule has 1 aliphatic carbocycles. The summed E-state index contributed by atoms with van der Waals surface area (Å²) < 4.78 is 16.6. The fraction of sp³-hybridized carbons (Fsp3) is 0.824. The summed E-state index contributed by atoms with van der Waals surface area (Å²) in [5.74, 6) is -0.286. The molecule has 1 heterocycles. The van der Waals surface area contributed by atoms with E-state index in [1.807, 2.05) is 32.9 Å². The molecule has 0 atom stereocenters. The van der Waals surface area contributed by atoms with Crippen LogP contribution in [0.15, 0.2) is 12.2 Å². The van der Waals surface area contributed by atoms with E-state index < -0.39 is 5.60 Å². The summed E-state index contributed by atoms with van der Waals surface area (Å²) in [6, 6.07) is 0.511. The lowest BCUT2D eigenvalue weighted by Crippen LogP contribution is -2.42. The normalized spacial score (nSPS) is 21.9. The van der Waals surface area contributed by atoms with Gasteiger partial charge in [0.1, 0.15) is 5.60 Å². The summed E-state index contributed by atoms with van der Waals surface area (Å²) in [4.78, 5) is 11.5. The van der Waals surface area contributed by atoms with Crippen molar-refractivity contribution in [2.45, 2.75) is 63.9 Å². The Labute approximate surface area is 138 Å². The molecule has 6 nitrogen and oxygen atoms in total. The van der Waals surface area contributed by atoms with Gasteiger partial charge in [-0.2, -0.15) is 0 Å². The van der Waals surface area contributed by atoms with E-state index in [0.29, 0.717) is 12.6 Å². The average molecular weight is 326 g/mol. The molecular weight excluding hydrogens is 296 g/mol. The fourth-order valence-corrected chi connectivity index (χ4v) is 2.91. The van der Waals surface area contributed by atoms with Gasteiger partial charge in [0.2, 0.25) is 0 Å². The van der Waals surface area contributed by atoms with Gasteiger partial charge < -0.3 is 24.8 Å². The maximum absolute atomic E-state index is 11.5. The van der Waals surface area contributed by atoms with Crippen LogP contribution in [0, 0.1) is 0 Å². The molecule has 0 radical (unpaired) electrons. The lowest BCUT2D eigenvalue weighted by Gasteiger charge is -2.35. The molecule has 0 aromatic heterocycles. The summed E-state index contributed by atoms with van der Waals surface area (Å²) in [5.41, 5.74) is -0.458. The molecule has 23 heavy (non-hydrogen) atoms. The van der Waals surface area contributed by atoms with Crippen molar-refractivity contribution >= 4 is 6.09 Å². The van der Waals surface area contributed by atoms with Crippen molar-refractivity contribution in [3.05, 3.63) is 12.2 Å². The van der Waals surface area contributed by atoms with Crippen LogP contribution in [0.3, 0.4) is 0 Å². The maximum Gasteiger partial charge on any atom is 0.407 e. The van der Waals surface area contributed by atoms with Gasteiger partial charge in [0.25, 0.3) is 0 Å². The third-order valence-corrected chi connectivity index (χ3v) is 4.02. The Morgan fingerprint density at radius 1 is 1.17 bits per heavy atom. The summed E-state index contributed by atoms with van der Waals surface area (Å²) >= 11 is 0. The molecule has 132 valence electrons. The second kappa shape index (κ2) is 8.13. The average Bonchev–Trinajstić information content (AvgIpc) is 2.91. The minimum absolute atomic E-state index is 0.286. The molecule has 1 saturated carbocycles. The summed E-state index contributed by atoms with van der Waals surface area (Å²) in [6.45, 7) is 8.28. The Morgan fingerprint density at radius 3 is 2.39 bits per heavy atom. The molecule has 1 saturated heterocycles. The number of carbonyl (C=O) groups is 1. The molecule has 0 bridgehead atoms. The molecule has 1 aliphatic heterocycles. The van der Waals surface area contributed by atoms with Crippen LogP contribution in [0.25, 0.3) is 0 Å². The van der Waals surface area contributed by atoms with Crippen LogP contribution in [0.1, 0.15) is 46.5 Å². The van der Waals surface area contributed by atoms with Crippen LogP contribution in [-0.4, -0.2) is 49.8 Å². The van der Waals surface area contributed by atoms with Gasteiger partial charge in [-0.05, 0) is 33.6 Å². The van der Waals surface area contributed by atoms with E-state index in [4.69, 9.17) is 14.2 Å². The monoisotopic (exact) mass is 326 g/mol. The largest absolute Gasteiger partial charge is 0.444 e. The van der Waals surface area contributed by atoms with E-state index in [1.165, 1.54) is 0 Å². The highest BCUT2D eigenvalue weighted by Crippen LogP contribution is 2.35. The number of alkyl carbamates (subject to hydrolysis) is 1. The van der Waals surface area contributed by atoms with E-state index >= 15 is 0 Å². The van der Waals surface area contributed by atoms with Crippen molar-refractivity contribution in [2.24, 2.45) is 0 Å². The van der Waals surface area contributed by atoms with Crippen molar-refractivity contribution < 1.29 is 19.0 Å². The van der Waals surface area contributed by atoms with Crippen LogP contribution in [0.5, 0.6) is 0 Å². The van der Waals surface area contributed by atoms with Crippen molar-refractivity contribution in [3.8, 4) is 0 Å². The van der Waals surface area contributed by atoms with Crippen LogP contribution in [0.4, 0.5) is 4.79 Å². The fourth-order valence-electron chi connectivity index (χ4n) is 2.91. The van der Waals surface area contributed by atoms with Gasteiger partial charge in [-0.25, -0.2) is 4.79 Å². The van der Waals surface area contributed by atoms with Crippen molar-refractivity contribution in [1.29, 1.82) is 0 Å². The smallest absolute Gasteiger partial charge is 0.407 e. The third-order valence-electron chi connectivity index (χ3n) is 4.02. The zero-order valence-electron chi connectivity index (χ0n) is 14.5. The molecule has 0 unspecified atom stereocenters. The Bertz CT molecular complexity index is 401. The van der Waals surface area contributed by atoms with Gasteiger partial charge in [0.05, 0.1) is 13.2 Å². The van der Waals surface area contributed by atoms with E-state index in [0.717, 1.165) is 45.4 Å². The molecular formula is C17H30N2O4. The highest BCUT2D eigenvalue weighted by Gasteiger charge is 2.39. The van der Waals surface area contributed by atoms with Crippen LogP contribution in [-0.2, 0) is 14.2 Å². The number of nitrogens with one attached hydrogen (secondary N) is 2. The lowest BCUT2D eigenvalue weighted by molar-refractivity contribution is -0.179. The van der Waals surface area contributed by atoms with Crippen molar-refractivity contribution in [3.63, 3.8) is 0 Å². The maximum atomic E-state index is 11.5. The molecule has 1 spiro atoms. The second-order valence-corrected chi connectivity index (χ2v) is 7.14. The van der Waals surface area contributed by atoms with Crippen LogP contribution >= 0.6 is 0 Å². The number of rotatable bonds is 5. The first-order valence-corrected chi connectivity index (χ1v) is 8.52. The van der Waals surface area contributed by atoms with Gasteiger partial charge >= 0.3 is 6.09 Å². The predicted molar refractivity (Wildman–Crippen MR) is 88.3 cm³/mol. The van der Waals surface area contributed by atoms with E-state index in [9.17, 15) is 4.79 Å². The summed E-state index contributed by atoms with van der Waals surface area (Å²) in [7, 11) is 0. The molecule has 6 heteroatoms. The summed E-state index contributed by atoms with van der Waals surface area (Å²) in [6.07, 6.45) is 7.66. The van der Waals surface area contributed by atoms with E-state index in [1.54, 1.807) is 0 Å². The summed E-state index contributed by atoms with van der Waals surface area (Å²) in [5, 5.41) is 6.21. The first kappa shape index (κ1) is 18.2.